The molecular weight excluding hydrogens is 411 g/mol. The van der Waals surface area contributed by atoms with Crippen LogP contribution in [0.2, 0.25) is 10.0 Å². The third-order valence-electron chi connectivity index (χ3n) is 4.27. The van der Waals surface area contributed by atoms with Crippen molar-refractivity contribution < 1.29 is 4.79 Å². The van der Waals surface area contributed by atoms with Crippen LogP contribution in [-0.4, -0.2) is 64.8 Å². The first kappa shape index (κ1) is 21.9. The number of amides is 1. The first-order valence-electron chi connectivity index (χ1n) is 8.65. The second-order valence-electron chi connectivity index (χ2n) is 6.17. The Hall–Kier alpha value is -1.38. The number of benzene rings is 1. The maximum atomic E-state index is 12.3. The van der Waals surface area contributed by atoms with E-state index in [2.05, 4.69) is 25.6 Å². The predicted octanol–water partition coefficient (Wildman–Crippen LogP) is 2.33. The molecule has 7 nitrogen and oxygen atoms in total. The minimum absolute atomic E-state index is 0. The molecule has 1 aliphatic heterocycles. The van der Waals surface area contributed by atoms with Crippen LogP contribution in [0.4, 0.5) is 0 Å². The maximum Gasteiger partial charge on any atom is 0.290 e. The number of halogens is 3. The van der Waals surface area contributed by atoms with E-state index >= 15 is 0 Å². The molecule has 1 saturated heterocycles. The number of nitrogens with zero attached hydrogens (tertiary/aromatic N) is 4. The summed E-state index contributed by atoms with van der Waals surface area (Å²) in [5, 5.41) is 11.4. The van der Waals surface area contributed by atoms with Crippen LogP contribution in [0, 0.1) is 6.92 Å². The molecule has 2 N–H and O–H groups in total. The number of aromatic nitrogens is 3. The summed E-state index contributed by atoms with van der Waals surface area (Å²) in [6, 6.07) is 5.20. The maximum absolute atomic E-state index is 12.3. The Morgan fingerprint density at radius 2 is 1.93 bits per heavy atom. The number of carbonyl (C=O) groups is 1. The highest BCUT2D eigenvalue weighted by atomic mass is 35.5. The molecule has 0 aliphatic carbocycles. The van der Waals surface area contributed by atoms with E-state index in [0.29, 0.717) is 28.1 Å². The molecule has 27 heavy (non-hydrogen) atoms. The van der Waals surface area contributed by atoms with Crippen LogP contribution < -0.4 is 10.6 Å². The standard InChI is InChI=1S/C17H22Cl2N6O.ClH/c1-12-22-16(23-25(12)15-13(18)4-2-5-14(15)19)17(26)21-6-3-9-24-10-7-20-8-11-24;/h2,4-5,20H,3,6-11H2,1H3,(H,21,26);1H. The molecule has 0 bridgehead atoms. The molecule has 0 saturated carbocycles. The number of hydrogen-bond acceptors (Lipinski definition) is 5. The second kappa shape index (κ2) is 10.2. The highest BCUT2D eigenvalue weighted by Gasteiger charge is 2.18. The van der Waals surface area contributed by atoms with Gasteiger partial charge in [0.05, 0.1) is 10.0 Å². The van der Waals surface area contributed by atoms with Crippen molar-refractivity contribution in [3.05, 3.63) is 39.9 Å². The fraction of sp³-hybridized carbons (Fsp3) is 0.471. The molecule has 1 fully saturated rings. The summed E-state index contributed by atoms with van der Waals surface area (Å²) >= 11 is 12.4. The topological polar surface area (TPSA) is 75.1 Å². The van der Waals surface area contributed by atoms with E-state index in [1.165, 1.54) is 4.68 Å². The quantitative estimate of drug-likeness (QED) is 0.684. The minimum Gasteiger partial charge on any atom is -0.349 e. The first-order valence-corrected chi connectivity index (χ1v) is 9.41. The highest BCUT2D eigenvalue weighted by Crippen LogP contribution is 2.28. The van der Waals surface area contributed by atoms with Gasteiger partial charge in [0.1, 0.15) is 11.5 Å². The van der Waals surface area contributed by atoms with Gasteiger partial charge in [0.15, 0.2) is 0 Å². The fourth-order valence-electron chi connectivity index (χ4n) is 2.91. The van der Waals surface area contributed by atoms with Crippen LogP contribution in [0.15, 0.2) is 18.2 Å². The SMILES string of the molecule is Cc1nc(C(=O)NCCCN2CCNCC2)nn1-c1c(Cl)cccc1Cl.Cl. The Balaban J connectivity index is 0.00000261. The summed E-state index contributed by atoms with van der Waals surface area (Å²) in [4.78, 5) is 19.0. The highest BCUT2D eigenvalue weighted by molar-refractivity contribution is 6.37. The predicted molar refractivity (Wildman–Crippen MR) is 110 cm³/mol. The third-order valence-corrected chi connectivity index (χ3v) is 4.88. The number of hydrogen-bond donors (Lipinski definition) is 2. The van der Waals surface area contributed by atoms with Gasteiger partial charge in [-0.15, -0.1) is 17.5 Å². The average molecular weight is 434 g/mol. The number of para-hydroxylation sites is 1. The van der Waals surface area contributed by atoms with Crippen molar-refractivity contribution in [3.63, 3.8) is 0 Å². The Bertz CT molecular complexity index is 756. The third kappa shape index (κ3) is 5.56. The lowest BCUT2D eigenvalue weighted by molar-refractivity contribution is 0.0941. The van der Waals surface area contributed by atoms with E-state index in [1.54, 1.807) is 25.1 Å². The van der Waals surface area contributed by atoms with Crippen LogP contribution in [-0.2, 0) is 0 Å². The van der Waals surface area contributed by atoms with Gasteiger partial charge in [-0.2, -0.15) is 0 Å². The molecule has 1 aromatic carbocycles. The number of nitrogens with one attached hydrogen (secondary N) is 2. The van der Waals surface area contributed by atoms with E-state index in [4.69, 9.17) is 23.2 Å². The van der Waals surface area contributed by atoms with Gasteiger partial charge in [-0.25, -0.2) is 9.67 Å². The molecule has 10 heteroatoms. The summed E-state index contributed by atoms with van der Waals surface area (Å²) in [5.74, 6) is 0.363. The van der Waals surface area contributed by atoms with Gasteiger partial charge in [-0.3, -0.25) is 4.79 Å². The smallest absolute Gasteiger partial charge is 0.290 e. The van der Waals surface area contributed by atoms with E-state index in [1.807, 2.05) is 0 Å². The molecule has 1 aromatic heterocycles. The van der Waals surface area contributed by atoms with Crippen LogP contribution in [0.5, 0.6) is 0 Å². The van der Waals surface area contributed by atoms with Gasteiger partial charge in [0, 0.05) is 32.7 Å². The monoisotopic (exact) mass is 432 g/mol. The van der Waals surface area contributed by atoms with Gasteiger partial charge in [0.2, 0.25) is 5.82 Å². The summed E-state index contributed by atoms with van der Waals surface area (Å²) in [7, 11) is 0. The lowest BCUT2D eigenvalue weighted by Crippen LogP contribution is -2.44. The van der Waals surface area contributed by atoms with Crippen molar-refractivity contribution in [1.82, 2.24) is 30.3 Å². The van der Waals surface area contributed by atoms with Crippen molar-refractivity contribution >= 4 is 41.5 Å². The number of piperazine rings is 1. The van der Waals surface area contributed by atoms with E-state index in [9.17, 15) is 4.79 Å². The van der Waals surface area contributed by atoms with Crippen LogP contribution in [0.1, 0.15) is 22.9 Å². The fourth-order valence-corrected chi connectivity index (χ4v) is 3.47. The lowest BCUT2D eigenvalue weighted by Gasteiger charge is -2.26. The summed E-state index contributed by atoms with van der Waals surface area (Å²) < 4.78 is 1.50. The Labute approximate surface area is 174 Å². The molecule has 0 radical (unpaired) electrons. The summed E-state index contributed by atoms with van der Waals surface area (Å²) in [6.45, 7) is 7.47. The largest absolute Gasteiger partial charge is 0.349 e. The minimum atomic E-state index is -0.296. The van der Waals surface area contributed by atoms with E-state index in [0.717, 1.165) is 39.1 Å². The van der Waals surface area contributed by atoms with Crippen molar-refractivity contribution in [2.75, 3.05) is 39.3 Å². The van der Waals surface area contributed by atoms with Crippen LogP contribution >= 0.6 is 35.6 Å². The van der Waals surface area contributed by atoms with Gasteiger partial charge >= 0.3 is 0 Å². The van der Waals surface area contributed by atoms with Crippen molar-refractivity contribution in [1.29, 1.82) is 0 Å². The van der Waals surface area contributed by atoms with E-state index in [-0.39, 0.29) is 24.1 Å². The van der Waals surface area contributed by atoms with E-state index < -0.39 is 0 Å². The zero-order chi connectivity index (χ0) is 18.5. The average Bonchev–Trinajstić information content (AvgIpc) is 3.01. The zero-order valence-corrected chi connectivity index (χ0v) is 17.4. The van der Waals surface area contributed by atoms with Gasteiger partial charge < -0.3 is 15.5 Å². The molecule has 2 heterocycles. The molecule has 148 valence electrons. The van der Waals surface area contributed by atoms with Crippen molar-refractivity contribution in [3.8, 4) is 5.69 Å². The number of rotatable bonds is 6. The van der Waals surface area contributed by atoms with Gasteiger partial charge in [-0.05, 0) is 32.0 Å². The summed E-state index contributed by atoms with van der Waals surface area (Å²) in [5.41, 5.74) is 0.526. The molecule has 0 atom stereocenters. The Morgan fingerprint density at radius 1 is 1.26 bits per heavy atom. The molecule has 0 spiro atoms. The molecular formula is C17H23Cl3N6O. The number of carbonyl (C=O) groups excluding carboxylic acids is 1. The molecule has 2 aromatic rings. The summed E-state index contributed by atoms with van der Waals surface area (Å²) in [6.07, 6.45) is 0.891. The normalized spacial score (nSPS) is 14.6. The second-order valence-corrected chi connectivity index (χ2v) is 6.98. The lowest BCUT2D eigenvalue weighted by atomic mass is 10.3. The Kier molecular flexibility index (Phi) is 8.31. The van der Waals surface area contributed by atoms with Gasteiger partial charge in [0.25, 0.3) is 5.91 Å². The molecule has 3 rings (SSSR count). The zero-order valence-electron chi connectivity index (χ0n) is 15.0. The first-order chi connectivity index (χ1) is 12.6. The molecule has 1 aliphatic rings. The van der Waals surface area contributed by atoms with Gasteiger partial charge in [-0.1, -0.05) is 29.3 Å². The van der Waals surface area contributed by atoms with Crippen molar-refractivity contribution in [2.24, 2.45) is 0 Å². The van der Waals surface area contributed by atoms with Crippen LogP contribution in [0.25, 0.3) is 5.69 Å². The number of aryl methyl sites for hydroxylation is 1. The Morgan fingerprint density at radius 3 is 2.59 bits per heavy atom. The van der Waals surface area contributed by atoms with Crippen LogP contribution in [0.3, 0.4) is 0 Å². The van der Waals surface area contributed by atoms with Crippen molar-refractivity contribution in [2.45, 2.75) is 13.3 Å². The molecule has 1 amide bonds. The molecule has 0 unspecified atom stereocenters.